The second kappa shape index (κ2) is 6.63. The van der Waals surface area contributed by atoms with Crippen molar-refractivity contribution in [2.24, 2.45) is 23.7 Å². The molecule has 100 valence electrons. The Labute approximate surface area is 110 Å². The van der Waals surface area contributed by atoms with Crippen LogP contribution in [0.25, 0.3) is 0 Å². The number of carbonyl (C=O) groups excluding carboxylic acids is 1. The second-order valence-electron chi connectivity index (χ2n) is 6.00. The van der Waals surface area contributed by atoms with E-state index in [2.05, 4.69) is 26.1 Å². The summed E-state index contributed by atoms with van der Waals surface area (Å²) >= 11 is 5.73. The number of carbonyl (C=O) groups is 1. The van der Waals surface area contributed by atoms with Gasteiger partial charge in [-0.1, -0.05) is 34.1 Å². The average molecular weight is 260 g/mol. The van der Waals surface area contributed by atoms with Crippen molar-refractivity contribution < 1.29 is 4.79 Å². The molecule has 0 aliphatic heterocycles. The maximum atomic E-state index is 11.9. The van der Waals surface area contributed by atoms with Crippen LogP contribution in [0.5, 0.6) is 0 Å². The van der Waals surface area contributed by atoms with Gasteiger partial charge >= 0.3 is 0 Å². The molecule has 0 aromatic rings. The van der Waals surface area contributed by atoms with Gasteiger partial charge in [0, 0.05) is 17.8 Å². The molecule has 1 N–H and O–H groups in total. The molecular weight excluding hydrogens is 234 g/mol. The zero-order valence-corrected chi connectivity index (χ0v) is 12.3. The normalized spacial score (nSPS) is 31.3. The van der Waals surface area contributed by atoms with Crippen LogP contribution in [0.4, 0.5) is 0 Å². The standard InChI is InChI=1S/C14H26ClNO/c1-9(2)12-6-5-10(3)7-13(12)16-14(17)11(4)8-15/h9-13H,5-8H2,1-4H3,(H,16,17). The van der Waals surface area contributed by atoms with E-state index >= 15 is 0 Å². The Bertz CT molecular complexity index is 255. The van der Waals surface area contributed by atoms with Crippen LogP contribution in [0, 0.1) is 23.7 Å². The highest BCUT2D eigenvalue weighted by Crippen LogP contribution is 2.33. The summed E-state index contributed by atoms with van der Waals surface area (Å²) in [5.74, 6) is 2.42. The summed E-state index contributed by atoms with van der Waals surface area (Å²) in [4.78, 5) is 11.9. The monoisotopic (exact) mass is 259 g/mol. The van der Waals surface area contributed by atoms with Gasteiger partial charge < -0.3 is 5.32 Å². The van der Waals surface area contributed by atoms with Crippen molar-refractivity contribution in [2.75, 3.05) is 5.88 Å². The lowest BCUT2D eigenvalue weighted by Gasteiger charge is -2.38. The third kappa shape index (κ3) is 4.17. The van der Waals surface area contributed by atoms with Gasteiger partial charge in [0.2, 0.25) is 5.91 Å². The van der Waals surface area contributed by atoms with Crippen molar-refractivity contribution in [1.29, 1.82) is 0 Å². The van der Waals surface area contributed by atoms with Gasteiger partial charge in [-0.05, 0) is 30.6 Å². The summed E-state index contributed by atoms with van der Waals surface area (Å²) in [5.41, 5.74) is 0. The second-order valence-corrected chi connectivity index (χ2v) is 6.31. The Hall–Kier alpha value is -0.240. The summed E-state index contributed by atoms with van der Waals surface area (Å²) in [6.45, 7) is 8.68. The van der Waals surface area contributed by atoms with Gasteiger partial charge in [0.25, 0.3) is 0 Å². The van der Waals surface area contributed by atoms with E-state index < -0.39 is 0 Å². The highest BCUT2D eigenvalue weighted by molar-refractivity contribution is 6.19. The fraction of sp³-hybridized carbons (Fsp3) is 0.929. The Balaban J connectivity index is 2.60. The van der Waals surface area contributed by atoms with Crippen LogP contribution in [0.3, 0.4) is 0 Å². The molecule has 4 unspecified atom stereocenters. The minimum absolute atomic E-state index is 0.0817. The van der Waals surface area contributed by atoms with Crippen molar-refractivity contribution in [3.8, 4) is 0 Å². The molecule has 0 spiro atoms. The zero-order valence-electron chi connectivity index (χ0n) is 11.5. The Morgan fingerprint density at radius 3 is 2.53 bits per heavy atom. The SMILES string of the molecule is CC1CCC(C(C)C)C(NC(=O)C(C)CCl)C1. The largest absolute Gasteiger partial charge is 0.353 e. The fourth-order valence-corrected chi connectivity index (χ4v) is 2.90. The van der Waals surface area contributed by atoms with Crippen LogP contribution in [0.2, 0.25) is 0 Å². The smallest absolute Gasteiger partial charge is 0.224 e. The van der Waals surface area contributed by atoms with Crippen LogP contribution in [0.1, 0.15) is 47.0 Å². The first-order chi connectivity index (χ1) is 7.95. The van der Waals surface area contributed by atoms with E-state index in [4.69, 9.17) is 11.6 Å². The summed E-state index contributed by atoms with van der Waals surface area (Å²) in [7, 11) is 0. The topological polar surface area (TPSA) is 29.1 Å². The predicted molar refractivity (Wildman–Crippen MR) is 73.2 cm³/mol. The number of alkyl halides is 1. The van der Waals surface area contributed by atoms with Gasteiger partial charge in [-0.25, -0.2) is 0 Å². The molecule has 0 radical (unpaired) electrons. The van der Waals surface area contributed by atoms with Gasteiger partial charge in [0.1, 0.15) is 0 Å². The van der Waals surface area contributed by atoms with Crippen molar-refractivity contribution in [3.63, 3.8) is 0 Å². The first-order valence-electron chi connectivity index (χ1n) is 6.82. The number of hydrogen-bond donors (Lipinski definition) is 1. The molecule has 0 aromatic heterocycles. The maximum absolute atomic E-state index is 11.9. The molecule has 3 heteroatoms. The molecular formula is C14H26ClNO. The number of rotatable bonds is 4. The van der Waals surface area contributed by atoms with Crippen LogP contribution in [-0.4, -0.2) is 17.8 Å². The molecule has 1 aliphatic rings. The minimum Gasteiger partial charge on any atom is -0.353 e. The zero-order chi connectivity index (χ0) is 13.0. The van der Waals surface area contributed by atoms with Gasteiger partial charge in [-0.3, -0.25) is 4.79 Å². The summed E-state index contributed by atoms with van der Waals surface area (Å²) < 4.78 is 0. The molecule has 1 aliphatic carbocycles. The van der Waals surface area contributed by atoms with E-state index in [9.17, 15) is 4.79 Å². The van der Waals surface area contributed by atoms with E-state index in [1.54, 1.807) is 0 Å². The highest BCUT2D eigenvalue weighted by atomic mass is 35.5. The molecule has 0 saturated heterocycles. The van der Waals surface area contributed by atoms with Gasteiger partial charge in [-0.2, -0.15) is 0 Å². The van der Waals surface area contributed by atoms with E-state index in [-0.39, 0.29) is 11.8 Å². The van der Waals surface area contributed by atoms with Crippen LogP contribution in [-0.2, 0) is 4.79 Å². The Morgan fingerprint density at radius 1 is 1.35 bits per heavy atom. The lowest BCUT2D eigenvalue weighted by Crippen LogP contribution is -2.47. The lowest BCUT2D eigenvalue weighted by molar-refractivity contribution is -0.125. The number of amides is 1. The Morgan fingerprint density at radius 2 is 2.00 bits per heavy atom. The number of nitrogens with one attached hydrogen (secondary N) is 1. The first-order valence-corrected chi connectivity index (χ1v) is 7.35. The van der Waals surface area contributed by atoms with Crippen molar-refractivity contribution in [3.05, 3.63) is 0 Å². The van der Waals surface area contributed by atoms with Crippen molar-refractivity contribution in [1.82, 2.24) is 5.32 Å². The molecule has 1 saturated carbocycles. The first kappa shape index (κ1) is 14.8. The molecule has 0 bridgehead atoms. The van der Waals surface area contributed by atoms with E-state index in [1.807, 2.05) is 6.92 Å². The van der Waals surface area contributed by atoms with Gasteiger partial charge in [0.05, 0.1) is 0 Å². The predicted octanol–water partition coefficient (Wildman–Crippen LogP) is 3.44. The third-order valence-corrected chi connectivity index (χ3v) is 4.49. The third-order valence-electron chi connectivity index (χ3n) is 4.03. The van der Waals surface area contributed by atoms with Crippen LogP contribution < -0.4 is 5.32 Å². The molecule has 0 aromatic carbocycles. The lowest BCUT2D eigenvalue weighted by atomic mass is 9.74. The van der Waals surface area contributed by atoms with Gasteiger partial charge in [0.15, 0.2) is 0 Å². The van der Waals surface area contributed by atoms with Crippen molar-refractivity contribution in [2.45, 2.75) is 53.0 Å². The maximum Gasteiger partial charge on any atom is 0.224 e. The molecule has 1 fully saturated rings. The van der Waals surface area contributed by atoms with E-state index in [0.717, 1.165) is 12.3 Å². The number of halogens is 1. The molecule has 2 nitrogen and oxygen atoms in total. The highest BCUT2D eigenvalue weighted by Gasteiger charge is 2.32. The van der Waals surface area contributed by atoms with E-state index in [1.165, 1.54) is 12.8 Å². The molecule has 0 heterocycles. The average Bonchev–Trinajstić information content (AvgIpc) is 2.27. The molecule has 1 amide bonds. The van der Waals surface area contributed by atoms with E-state index in [0.29, 0.717) is 23.8 Å². The molecule has 17 heavy (non-hydrogen) atoms. The molecule has 1 rings (SSSR count). The Kier molecular flexibility index (Phi) is 5.78. The molecule has 4 atom stereocenters. The van der Waals surface area contributed by atoms with Crippen LogP contribution >= 0.6 is 11.6 Å². The van der Waals surface area contributed by atoms with Crippen LogP contribution in [0.15, 0.2) is 0 Å². The minimum atomic E-state index is -0.0817. The quantitative estimate of drug-likeness (QED) is 0.770. The summed E-state index contributed by atoms with van der Waals surface area (Å²) in [6.07, 6.45) is 3.64. The van der Waals surface area contributed by atoms with Gasteiger partial charge in [-0.15, -0.1) is 11.6 Å². The number of hydrogen-bond acceptors (Lipinski definition) is 1. The summed E-state index contributed by atoms with van der Waals surface area (Å²) in [6, 6.07) is 0.344. The van der Waals surface area contributed by atoms with Crippen molar-refractivity contribution >= 4 is 17.5 Å². The summed E-state index contributed by atoms with van der Waals surface area (Å²) in [5, 5.41) is 3.21. The fourth-order valence-electron chi connectivity index (χ4n) is 2.76.